The molecule has 1 unspecified atom stereocenters. The smallest absolute Gasteiger partial charge is 0.409 e. The third kappa shape index (κ3) is 5.29. The highest BCUT2D eigenvalue weighted by molar-refractivity contribution is 5.68. The molecule has 3 aliphatic rings. The van der Waals surface area contributed by atoms with Crippen LogP contribution >= 0.6 is 0 Å². The van der Waals surface area contributed by atoms with Crippen LogP contribution < -0.4 is 0 Å². The summed E-state index contributed by atoms with van der Waals surface area (Å²) in [4.78, 5) is 32.6. The molecule has 0 aliphatic carbocycles. The van der Waals surface area contributed by atoms with Gasteiger partial charge in [0.2, 0.25) is 0 Å². The van der Waals surface area contributed by atoms with Crippen molar-refractivity contribution in [3.05, 3.63) is 0 Å². The number of piperazine rings is 1. The lowest BCUT2D eigenvalue weighted by atomic mass is 9.97. The van der Waals surface area contributed by atoms with E-state index in [-0.39, 0.29) is 12.2 Å². The molecule has 3 fully saturated rings. The van der Waals surface area contributed by atoms with Crippen LogP contribution in [0.15, 0.2) is 0 Å². The zero-order valence-electron chi connectivity index (χ0n) is 17.5. The van der Waals surface area contributed by atoms with Gasteiger partial charge < -0.3 is 19.3 Å². The number of hydrogen-bond acceptors (Lipinski definition) is 6. The van der Waals surface area contributed by atoms with Crippen molar-refractivity contribution in [3.63, 3.8) is 0 Å². The first kappa shape index (κ1) is 21.2. The van der Waals surface area contributed by atoms with Gasteiger partial charge in [-0.15, -0.1) is 0 Å². The standard InChI is InChI=1S/C20H36N4O4/c1-3-27-19(25)22-10-7-17(8-11-22)24-9-5-6-18(16-24)21-12-14-23(15-13-21)20(26)28-4-2/h17-18H,3-16H2,1-2H3. The average molecular weight is 397 g/mol. The van der Waals surface area contributed by atoms with Gasteiger partial charge in [-0.25, -0.2) is 9.59 Å². The molecule has 0 radical (unpaired) electrons. The second-order valence-electron chi connectivity index (χ2n) is 7.93. The molecule has 28 heavy (non-hydrogen) atoms. The van der Waals surface area contributed by atoms with Crippen molar-refractivity contribution < 1.29 is 19.1 Å². The van der Waals surface area contributed by atoms with E-state index in [9.17, 15) is 9.59 Å². The van der Waals surface area contributed by atoms with Gasteiger partial charge in [-0.1, -0.05) is 0 Å². The third-order valence-electron chi connectivity index (χ3n) is 6.29. The Morgan fingerprint density at radius 3 is 1.86 bits per heavy atom. The molecule has 0 aromatic heterocycles. The Balaban J connectivity index is 1.44. The fourth-order valence-corrected chi connectivity index (χ4v) is 4.73. The summed E-state index contributed by atoms with van der Waals surface area (Å²) in [6.07, 6.45) is 4.17. The second kappa shape index (κ2) is 10.3. The van der Waals surface area contributed by atoms with Crippen molar-refractivity contribution >= 4 is 12.2 Å². The molecule has 3 aliphatic heterocycles. The molecule has 2 amide bonds. The van der Waals surface area contributed by atoms with Gasteiger partial charge >= 0.3 is 12.2 Å². The van der Waals surface area contributed by atoms with Crippen molar-refractivity contribution in [1.29, 1.82) is 0 Å². The Kier molecular flexibility index (Phi) is 7.79. The first-order valence-corrected chi connectivity index (χ1v) is 10.9. The van der Waals surface area contributed by atoms with Crippen LogP contribution in [0, 0.1) is 0 Å². The van der Waals surface area contributed by atoms with Crippen LogP contribution in [0.4, 0.5) is 9.59 Å². The highest BCUT2D eigenvalue weighted by Gasteiger charge is 2.34. The summed E-state index contributed by atoms with van der Waals surface area (Å²) in [5.74, 6) is 0. The predicted molar refractivity (Wildman–Crippen MR) is 106 cm³/mol. The molecule has 8 nitrogen and oxygen atoms in total. The van der Waals surface area contributed by atoms with Gasteiger partial charge in [0.15, 0.2) is 0 Å². The number of amides is 2. The third-order valence-corrected chi connectivity index (χ3v) is 6.29. The summed E-state index contributed by atoms with van der Waals surface area (Å²) in [6.45, 7) is 11.8. The number of piperidine rings is 2. The maximum absolute atomic E-state index is 11.9. The van der Waals surface area contributed by atoms with Crippen molar-refractivity contribution in [2.24, 2.45) is 0 Å². The van der Waals surface area contributed by atoms with Crippen LogP contribution in [0.1, 0.15) is 39.5 Å². The predicted octanol–water partition coefficient (Wildman–Crippen LogP) is 1.85. The van der Waals surface area contributed by atoms with Crippen molar-refractivity contribution in [2.45, 2.75) is 51.6 Å². The van der Waals surface area contributed by atoms with Gasteiger partial charge in [0.05, 0.1) is 13.2 Å². The fourth-order valence-electron chi connectivity index (χ4n) is 4.73. The molecule has 0 spiro atoms. The number of carbonyl (C=O) groups is 2. The molecular formula is C20H36N4O4. The summed E-state index contributed by atoms with van der Waals surface area (Å²) in [5, 5.41) is 0. The number of rotatable bonds is 4. The van der Waals surface area contributed by atoms with E-state index in [0.29, 0.717) is 25.3 Å². The van der Waals surface area contributed by atoms with Gasteiger partial charge in [0.25, 0.3) is 0 Å². The van der Waals surface area contributed by atoms with Gasteiger partial charge in [-0.05, 0) is 46.1 Å². The molecule has 160 valence electrons. The highest BCUT2D eigenvalue weighted by atomic mass is 16.6. The summed E-state index contributed by atoms with van der Waals surface area (Å²) < 4.78 is 10.3. The number of ether oxygens (including phenoxy) is 2. The summed E-state index contributed by atoms with van der Waals surface area (Å²) >= 11 is 0. The molecule has 0 aromatic carbocycles. The Hall–Kier alpha value is -1.54. The largest absolute Gasteiger partial charge is 0.450 e. The van der Waals surface area contributed by atoms with E-state index in [1.54, 1.807) is 0 Å². The van der Waals surface area contributed by atoms with Crippen LogP contribution in [0.2, 0.25) is 0 Å². The lowest BCUT2D eigenvalue weighted by Gasteiger charge is -2.46. The Labute approximate surface area is 168 Å². The minimum Gasteiger partial charge on any atom is -0.450 e. The lowest BCUT2D eigenvalue weighted by Crippen LogP contribution is -2.58. The fraction of sp³-hybridized carbons (Fsp3) is 0.900. The van der Waals surface area contributed by atoms with Crippen LogP contribution in [0.5, 0.6) is 0 Å². The normalized spacial score (nSPS) is 25.6. The molecule has 3 rings (SSSR count). The van der Waals surface area contributed by atoms with Gasteiger partial charge in [0, 0.05) is 57.9 Å². The summed E-state index contributed by atoms with van der Waals surface area (Å²) in [5.41, 5.74) is 0. The molecule has 0 N–H and O–H groups in total. The average Bonchev–Trinajstić information content (AvgIpc) is 2.74. The number of carbonyl (C=O) groups excluding carboxylic acids is 2. The second-order valence-corrected chi connectivity index (χ2v) is 7.93. The van der Waals surface area contributed by atoms with Crippen molar-refractivity contribution in [2.75, 3.05) is 65.6 Å². The SMILES string of the molecule is CCOC(=O)N1CCC(N2CCCC(N3CCN(C(=O)OCC)CC3)C2)CC1. The maximum Gasteiger partial charge on any atom is 0.409 e. The summed E-state index contributed by atoms with van der Waals surface area (Å²) in [6, 6.07) is 1.13. The number of likely N-dealkylation sites (tertiary alicyclic amines) is 2. The summed E-state index contributed by atoms with van der Waals surface area (Å²) in [7, 11) is 0. The van der Waals surface area contributed by atoms with Gasteiger partial charge in [0.1, 0.15) is 0 Å². The quantitative estimate of drug-likeness (QED) is 0.723. The van der Waals surface area contributed by atoms with Crippen LogP contribution in [0.3, 0.4) is 0 Å². The van der Waals surface area contributed by atoms with Crippen molar-refractivity contribution in [1.82, 2.24) is 19.6 Å². The monoisotopic (exact) mass is 396 g/mol. The molecule has 8 heteroatoms. The Bertz CT molecular complexity index is 472. The van der Waals surface area contributed by atoms with Crippen molar-refractivity contribution in [3.8, 4) is 0 Å². The van der Waals surface area contributed by atoms with E-state index < -0.39 is 0 Å². The highest BCUT2D eigenvalue weighted by Crippen LogP contribution is 2.24. The Morgan fingerprint density at radius 2 is 1.29 bits per heavy atom. The molecule has 3 saturated heterocycles. The van der Waals surface area contributed by atoms with Crippen LogP contribution in [0.25, 0.3) is 0 Å². The van der Waals surface area contributed by atoms with Crippen LogP contribution in [-0.4, -0.2) is 109 Å². The van der Waals surface area contributed by atoms with Gasteiger partial charge in [-0.3, -0.25) is 9.80 Å². The molecule has 1 atom stereocenters. The molecule has 0 aromatic rings. The molecule has 3 heterocycles. The van der Waals surface area contributed by atoms with E-state index in [0.717, 1.165) is 65.2 Å². The molecule has 0 saturated carbocycles. The van der Waals surface area contributed by atoms with E-state index in [4.69, 9.17) is 9.47 Å². The van der Waals surface area contributed by atoms with E-state index in [2.05, 4.69) is 9.80 Å². The lowest BCUT2D eigenvalue weighted by molar-refractivity contribution is 0.0196. The minimum atomic E-state index is -0.180. The Morgan fingerprint density at radius 1 is 0.714 bits per heavy atom. The number of hydrogen-bond donors (Lipinski definition) is 0. The van der Waals surface area contributed by atoms with Crippen LogP contribution in [-0.2, 0) is 9.47 Å². The topological polar surface area (TPSA) is 65.6 Å². The van der Waals surface area contributed by atoms with Gasteiger partial charge in [-0.2, -0.15) is 0 Å². The van der Waals surface area contributed by atoms with E-state index >= 15 is 0 Å². The maximum atomic E-state index is 11.9. The first-order valence-electron chi connectivity index (χ1n) is 10.9. The molecule has 0 bridgehead atoms. The minimum absolute atomic E-state index is 0.169. The number of nitrogens with zero attached hydrogens (tertiary/aromatic N) is 4. The first-order chi connectivity index (χ1) is 13.6. The zero-order chi connectivity index (χ0) is 19.9. The zero-order valence-corrected chi connectivity index (χ0v) is 17.5. The van der Waals surface area contributed by atoms with E-state index in [1.165, 1.54) is 12.8 Å². The molecular weight excluding hydrogens is 360 g/mol. The van der Waals surface area contributed by atoms with E-state index in [1.807, 2.05) is 23.6 Å².